The van der Waals surface area contributed by atoms with Crippen molar-refractivity contribution >= 4 is 22.8 Å². The fourth-order valence-corrected chi connectivity index (χ4v) is 3.44. The second-order valence-electron chi connectivity index (χ2n) is 6.80. The third kappa shape index (κ3) is 3.53. The van der Waals surface area contributed by atoms with E-state index < -0.39 is 5.97 Å². The molecule has 1 fully saturated rings. The van der Waals surface area contributed by atoms with Crippen molar-refractivity contribution in [2.75, 3.05) is 18.0 Å². The number of anilines is 1. The number of rotatable bonds is 4. The highest BCUT2D eigenvalue weighted by molar-refractivity contribution is 5.77. The van der Waals surface area contributed by atoms with Gasteiger partial charge in [-0.25, -0.2) is 9.97 Å². The first-order chi connectivity index (χ1) is 13.1. The molecule has 1 saturated heterocycles. The van der Waals surface area contributed by atoms with E-state index in [1.807, 2.05) is 41.3 Å². The quantitative estimate of drug-likeness (QED) is 0.763. The molecule has 7 nitrogen and oxygen atoms in total. The lowest BCUT2D eigenvalue weighted by Gasteiger charge is -2.30. The maximum Gasteiger partial charge on any atom is 0.306 e. The van der Waals surface area contributed by atoms with Gasteiger partial charge in [0.05, 0.1) is 23.4 Å². The van der Waals surface area contributed by atoms with Gasteiger partial charge in [-0.2, -0.15) is 0 Å². The highest BCUT2D eigenvalue weighted by Crippen LogP contribution is 2.21. The normalized spacial score (nSPS) is 15.2. The molecule has 0 aliphatic carbocycles. The Kier molecular flexibility index (Phi) is 4.58. The average Bonchev–Trinajstić information content (AvgIpc) is 2.71. The van der Waals surface area contributed by atoms with E-state index in [1.54, 1.807) is 17.0 Å². The number of carbonyl (C=O) groups is 1. The number of piperidine rings is 1. The smallest absolute Gasteiger partial charge is 0.306 e. The molecule has 0 atom stereocenters. The molecule has 1 N–H and O–H groups in total. The number of carboxylic acid groups (broad SMARTS) is 1. The van der Waals surface area contributed by atoms with Crippen molar-refractivity contribution in [2.24, 2.45) is 5.92 Å². The summed E-state index contributed by atoms with van der Waals surface area (Å²) in [7, 11) is 0. The van der Waals surface area contributed by atoms with Crippen LogP contribution < -0.4 is 10.5 Å². The Hall–Kier alpha value is -3.22. The summed E-state index contributed by atoms with van der Waals surface area (Å²) in [5.74, 6) is -0.494. The number of hydrogen-bond donors (Lipinski definition) is 1. The van der Waals surface area contributed by atoms with Gasteiger partial charge >= 0.3 is 5.97 Å². The fourth-order valence-electron chi connectivity index (χ4n) is 3.44. The second-order valence-corrected chi connectivity index (χ2v) is 6.80. The van der Waals surface area contributed by atoms with Gasteiger partial charge in [-0.05, 0) is 24.5 Å². The van der Waals surface area contributed by atoms with Gasteiger partial charge in [-0.3, -0.25) is 9.59 Å². The maximum atomic E-state index is 12.7. The minimum absolute atomic E-state index is 0.118. The lowest BCUT2D eigenvalue weighted by molar-refractivity contribution is -0.142. The van der Waals surface area contributed by atoms with Crippen molar-refractivity contribution in [3.05, 3.63) is 64.7 Å². The number of hydrogen-bond acceptors (Lipinski definition) is 5. The Bertz CT molecular complexity index is 1020. The van der Waals surface area contributed by atoms with Gasteiger partial charge in [-0.1, -0.05) is 30.3 Å². The lowest BCUT2D eigenvalue weighted by atomic mass is 9.97. The molecular formula is C20H20N4O3. The Morgan fingerprint density at radius 2 is 1.89 bits per heavy atom. The number of fused-ring (bicyclic) bond motifs is 1. The summed E-state index contributed by atoms with van der Waals surface area (Å²) in [6.45, 7) is 1.71. The highest BCUT2D eigenvalue weighted by atomic mass is 16.4. The molecule has 4 rings (SSSR count). The molecule has 0 spiro atoms. The molecule has 0 saturated carbocycles. The number of nitrogens with zero attached hydrogens (tertiary/aromatic N) is 4. The van der Waals surface area contributed by atoms with Gasteiger partial charge in [0.25, 0.3) is 5.56 Å². The molecule has 0 radical (unpaired) electrons. The zero-order chi connectivity index (χ0) is 18.8. The van der Waals surface area contributed by atoms with Crippen LogP contribution in [0, 0.1) is 5.92 Å². The zero-order valence-corrected chi connectivity index (χ0v) is 14.8. The van der Waals surface area contributed by atoms with Gasteiger partial charge in [0.2, 0.25) is 5.95 Å². The molecule has 1 aromatic carbocycles. The summed E-state index contributed by atoms with van der Waals surface area (Å²) in [4.78, 5) is 34.7. The van der Waals surface area contributed by atoms with Gasteiger partial charge in [0.1, 0.15) is 0 Å². The van der Waals surface area contributed by atoms with Crippen LogP contribution in [0.15, 0.2) is 53.6 Å². The van der Waals surface area contributed by atoms with Crippen LogP contribution in [0.4, 0.5) is 5.95 Å². The third-order valence-corrected chi connectivity index (χ3v) is 5.03. The molecule has 3 heterocycles. The minimum Gasteiger partial charge on any atom is -0.481 e. The first kappa shape index (κ1) is 17.2. The Balaban J connectivity index is 1.58. The van der Waals surface area contributed by atoms with Crippen LogP contribution in [-0.2, 0) is 11.3 Å². The molecular weight excluding hydrogens is 344 g/mol. The lowest BCUT2D eigenvalue weighted by Crippen LogP contribution is -2.37. The minimum atomic E-state index is -0.743. The standard InChI is InChI=1S/C20H20N4O3/c25-18-16-12-21-20(23-9-6-15(7-10-23)19(26)27)22-17(16)8-11-24(18)13-14-4-2-1-3-5-14/h1-5,8,11-12,15H,6-7,9-10,13H2,(H,26,27). The molecule has 27 heavy (non-hydrogen) atoms. The van der Waals surface area contributed by atoms with E-state index in [2.05, 4.69) is 9.97 Å². The van der Waals surface area contributed by atoms with Crippen molar-refractivity contribution < 1.29 is 9.90 Å². The Morgan fingerprint density at radius 3 is 2.59 bits per heavy atom. The monoisotopic (exact) mass is 364 g/mol. The molecule has 1 aliphatic rings. The van der Waals surface area contributed by atoms with E-state index in [9.17, 15) is 9.59 Å². The van der Waals surface area contributed by atoms with Gasteiger partial charge in [0.15, 0.2) is 0 Å². The highest BCUT2D eigenvalue weighted by Gasteiger charge is 2.25. The van der Waals surface area contributed by atoms with Gasteiger partial charge < -0.3 is 14.6 Å². The second kappa shape index (κ2) is 7.19. The van der Waals surface area contributed by atoms with E-state index in [0.29, 0.717) is 49.3 Å². The van der Waals surface area contributed by atoms with E-state index >= 15 is 0 Å². The van der Waals surface area contributed by atoms with Gasteiger partial charge in [0, 0.05) is 25.5 Å². The average molecular weight is 364 g/mol. The van der Waals surface area contributed by atoms with E-state index in [4.69, 9.17) is 5.11 Å². The van der Waals surface area contributed by atoms with Crippen molar-refractivity contribution in [1.29, 1.82) is 0 Å². The molecule has 0 bridgehead atoms. The van der Waals surface area contributed by atoms with Crippen LogP contribution in [0.3, 0.4) is 0 Å². The molecule has 3 aromatic rings. The number of pyridine rings is 1. The van der Waals surface area contributed by atoms with E-state index in [1.165, 1.54) is 0 Å². The molecule has 1 aliphatic heterocycles. The summed E-state index contributed by atoms with van der Waals surface area (Å²) in [5.41, 5.74) is 1.54. The van der Waals surface area contributed by atoms with Crippen LogP contribution in [-0.4, -0.2) is 38.7 Å². The van der Waals surface area contributed by atoms with Crippen LogP contribution >= 0.6 is 0 Å². The molecule has 138 valence electrons. The zero-order valence-electron chi connectivity index (χ0n) is 14.8. The molecule has 7 heteroatoms. The molecule has 0 amide bonds. The van der Waals surface area contributed by atoms with Crippen molar-refractivity contribution in [2.45, 2.75) is 19.4 Å². The summed E-state index contributed by atoms with van der Waals surface area (Å²) >= 11 is 0. The number of carboxylic acids is 1. The summed E-state index contributed by atoms with van der Waals surface area (Å²) < 4.78 is 1.65. The third-order valence-electron chi connectivity index (χ3n) is 5.03. The van der Waals surface area contributed by atoms with Crippen LogP contribution in [0.1, 0.15) is 18.4 Å². The van der Waals surface area contributed by atoms with Crippen LogP contribution in [0.25, 0.3) is 10.9 Å². The summed E-state index contributed by atoms with van der Waals surface area (Å²) in [6, 6.07) is 11.6. The van der Waals surface area contributed by atoms with Crippen molar-refractivity contribution in [3.63, 3.8) is 0 Å². The van der Waals surface area contributed by atoms with Gasteiger partial charge in [-0.15, -0.1) is 0 Å². The van der Waals surface area contributed by atoms with E-state index in [0.717, 1.165) is 5.56 Å². The van der Waals surface area contributed by atoms with Crippen molar-refractivity contribution in [3.8, 4) is 0 Å². The predicted molar refractivity (Wildman–Crippen MR) is 102 cm³/mol. The number of aliphatic carboxylic acids is 1. The van der Waals surface area contributed by atoms with Crippen molar-refractivity contribution in [1.82, 2.24) is 14.5 Å². The first-order valence-electron chi connectivity index (χ1n) is 9.00. The fraction of sp³-hybridized carbons (Fsp3) is 0.300. The largest absolute Gasteiger partial charge is 0.481 e. The summed E-state index contributed by atoms with van der Waals surface area (Å²) in [5, 5.41) is 9.60. The first-order valence-corrected chi connectivity index (χ1v) is 9.00. The maximum absolute atomic E-state index is 12.7. The van der Waals surface area contributed by atoms with Crippen LogP contribution in [0.2, 0.25) is 0 Å². The molecule has 2 aromatic heterocycles. The number of benzene rings is 1. The van der Waals surface area contributed by atoms with Crippen LogP contribution in [0.5, 0.6) is 0 Å². The van der Waals surface area contributed by atoms with E-state index in [-0.39, 0.29) is 11.5 Å². The predicted octanol–water partition coefficient (Wildman–Crippen LogP) is 2.14. The molecule has 0 unspecified atom stereocenters. The topological polar surface area (TPSA) is 88.3 Å². The number of aromatic nitrogens is 3. The summed E-state index contributed by atoms with van der Waals surface area (Å²) in [6.07, 6.45) is 4.49. The Morgan fingerprint density at radius 1 is 1.15 bits per heavy atom. The Labute approximate surface area is 155 Å². The SMILES string of the molecule is O=C(O)C1CCN(c2ncc3c(=O)n(Cc4ccccc4)ccc3n2)CC1.